The van der Waals surface area contributed by atoms with E-state index in [0.29, 0.717) is 5.56 Å². The first-order chi connectivity index (χ1) is 7.74. The lowest BCUT2D eigenvalue weighted by atomic mass is 10.2. The van der Waals surface area contributed by atoms with Gasteiger partial charge in [0.05, 0.1) is 22.1 Å². The van der Waals surface area contributed by atoms with E-state index < -0.39 is 15.6 Å². The Morgan fingerprint density at radius 1 is 1.24 bits per heavy atom. The molecule has 0 aromatic heterocycles. The second-order valence-corrected chi connectivity index (χ2v) is 6.08. The molecule has 1 rings (SSSR count). The molecule has 17 heavy (non-hydrogen) atoms. The first-order valence-corrected chi connectivity index (χ1v) is 6.43. The summed E-state index contributed by atoms with van der Waals surface area (Å²) in [5.41, 5.74) is -0.208. The number of hydrogen-bond acceptors (Lipinski definition) is 4. The molecule has 0 aliphatic heterocycles. The Kier molecular flexibility index (Phi) is 3.88. The third kappa shape index (κ3) is 4.15. The number of nitrogens with one attached hydrogen (secondary N) is 1. The molecule has 6 heteroatoms. The van der Waals surface area contributed by atoms with E-state index in [1.807, 2.05) is 11.0 Å². The summed E-state index contributed by atoms with van der Waals surface area (Å²) in [6.07, 6.45) is 0. The highest BCUT2D eigenvalue weighted by Crippen LogP contribution is 2.12. The molecule has 0 aliphatic carbocycles. The van der Waals surface area contributed by atoms with Gasteiger partial charge in [-0.15, -0.1) is 0 Å². The van der Waals surface area contributed by atoms with Gasteiger partial charge in [-0.3, -0.25) is 4.84 Å². The molecule has 0 unspecified atom stereocenters. The molecule has 0 bridgehead atoms. The zero-order valence-corrected chi connectivity index (χ0v) is 10.7. The van der Waals surface area contributed by atoms with Crippen LogP contribution in [0.1, 0.15) is 26.3 Å². The number of rotatable bonds is 3. The molecule has 0 saturated carbocycles. The normalized spacial score (nSPS) is 12.1. The minimum absolute atomic E-state index is 0.0563. The lowest BCUT2D eigenvalue weighted by Gasteiger charge is -2.19. The van der Waals surface area contributed by atoms with Crippen molar-refractivity contribution in [3.63, 3.8) is 0 Å². The van der Waals surface area contributed by atoms with Crippen LogP contribution >= 0.6 is 0 Å². The van der Waals surface area contributed by atoms with E-state index >= 15 is 0 Å². The maximum absolute atomic E-state index is 11.8. The number of benzene rings is 1. The minimum Gasteiger partial charge on any atom is -0.281 e. The highest BCUT2D eigenvalue weighted by Gasteiger charge is 2.18. The molecule has 1 N–H and O–H groups in total. The van der Waals surface area contributed by atoms with E-state index in [-0.39, 0.29) is 4.90 Å². The van der Waals surface area contributed by atoms with Crippen molar-refractivity contribution in [2.75, 3.05) is 0 Å². The fraction of sp³-hybridized carbons (Fsp3) is 0.364. The van der Waals surface area contributed by atoms with Crippen LogP contribution < -0.4 is 4.89 Å². The average molecular weight is 254 g/mol. The first kappa shape index (κ1) is 13.6. The van der Waals surface area contributed by atoms with Gasteiger partial charge < -0.3 is 0 Å². The molecule has 0 spiro atoms. The molecule has 0 fully saturated rings. The lowest BCUT2D eigenvalue weighted by Crippen LogP contribution is -2.33. The molecule has 0 aliphatic rings. The molecular weight excluding hydrogens is 240 g/mol. The SMILES string of the molecule is CC(C)(C)ONS(=O)(=O)c1ccc(C#N)cc1. The van der Waals surface area contributed by atoms with Gasteiger partial charge in [0.2, 0.25) is 0 Å². The molecule has 5 nitrogen and oxygen atoms in total. The summed E-state index contributed by atoms with van der Waals surface area (Å²) >= 11 is 0. The number of hydrogen-bond donors (Lipinski definition) is 1. The van der Waals surface area contributed by atoms with Crippen LogP contribution in [0.5, 0.6) is 0 Å². The Morgan fingerprint density at radius 2 is 1.76 bits per heavy atom. The first-order valence-electron chi connectivity index (χ1n) is 4.94. The Balaban J connectivity index is 2.87. The van der Waals surface area contributed by atoms with E-state index in [9.17, 15) is 8.42 Å². The smallest absolute Gasteiger partial charge is 0.262 e. The maximum atomic E-state index is 11.8. The average Bonchev–Trinajstić information content (AvgIpc) is 2.26. The van der Waals surface area contributed by atoms with Crippen molar-refractivity contribution in [3.05, 3.63) is 29.8 Å². The zero-order chi connectivity index (χ0) is 13.1. The largest absolute Gasteiger partial charge is 0.281 e. The summed E-state index contributed by atoms with van der Waals surface area (Å²) < 4.78 is 23.5. The van der Waals surface area contributed by atoms with Crippen LogP contribution in [0.15, 0.2) is 29.2 Å². The molecule has 0 atom stereocenters. The van der Waals surface area contributed by atoms with Crippen molar-refractivity contribution in [1.29, 1.82) is 5.26 Å². The molecule has 92 valence electrons. The zero-order valence-electron chi connectivity index (χ0n) is 9.89. The molecule has 0 amide bonds. The van der Waals surface area contributed by atoms with E-state index in [1.165, 1.54) is 24.3 Å². The Labute approximate surface area is 101 Å². The minimum atomic E-state index is -3.70. The van der Waals surface area contributed by atoms with Gasteiger partial charge in [-0.2, -0.15) is 5.26 Å². The van der Waals surface area contributed by atoms with Crippen molar-refractivity contribution < 1.29 is 13.3 Å². The van der Waals surface area contributed by atoms with Crippen LogP contribution in [-0.2, 0) is 14.9 Å². The van der Waals surface area contributed by atoms with Crippen molar-refractivity contribution in [2.24, 2.45) is 0 Å². The van der Waals surface area contributed by atoms with Crippen molar-refractivity contribution in [2.45, 2.75) is 31.3 Å². The van der Waals surface area contributed by atoms with Gasteiger partial charge >= 0.3 is 0 Å². The fourth-order valence-corrected chi connectivity index (χ4v) is 1.89. The summed E-state index contributed by atoms with van der Waals surface area (Å²) in [5, 5.41) is 8.60. The maximum Gasteiger partial charge on any atom is 0.262 e. The number of nitriles is 1. The summed E-state index contributed by atoms with van der Waals surface area (Å²) in [5.74, 6) is 0. The topological polar surface area (TPSA) is 79.2 Å². The third-order valence-electron chi connectivity index (χ3n) is 1.75. The van der Waals surface area contributed by atoms with Crippen molar-refractivity contribution in [3.8, 4) is 6.07 Å². The second kappa shape index (κ2) is 4.84. The molecule has 1 aromatic carbocycles. The van der Waals surface area contributed by atoms with Gasteiger partial charge in [0.25, 0.3) is 10.0 Å². The van der Waals surface area contributed by atoms with Gasteiger partial charge in [0.15, 0.2) is 0 Å². The van der Waals surface area contributed by atoms with Crippen molar-refractivity contribution in [1.82, 2.24) is 4.89 Å². The van der Waals surface area contributed by atoms with Crippen molar-refractivity contribution >= 4 is 10.0 Å². The monoisotopic (exact) mass is 254 g/mol. The van der Waals surface area contributed by atoms with E-state index in [1.54, 1.807) is 20.8 Å². The van der Waals surface area contributed by atoms with Gasteiger partial charge in [0, 0.05) is 0 Å². The van der Waals surface area contributed by atoms with Gasteiger partial charge in [-0.1, -0.05) is 4.89 Å². The molecular formula is C11H14N2O3S. The predicted octanol–water partition coefficient (Wildman–Crippen LogP) is 1.57. The molecule has 0 saturated heterocycles. The van der Waals surface area contributed by atoms with E-state index in [4.69, 9.17) is 10.1 Å². The van der Waals surface area contributed by atoms with Gasteiger partial charge in [0.1, 0.15) is 0 Å². The Bertz CT molecular complexity index is 521. The highest BCUT2D eigenvalue weighted by atomic mass is 32.2. The number of nitrogens with zero attached hydrogens (tertiary/aromatic N) is 1. The lowest BCUT2D eigenvalue weighted by molar-refractivity contribution is -0.0357. The van der Waals surface area contributed by atoms with Crippen LogP contribution in [-0.4, -0.2) is 14.0 Å². The Morgan fingerprint density at radius 3 is 2.18 bits per heavy atom. The van der Waals surface area contributed by atoms with E-state index in [2.05, 4.69) is 0 Å². The summed E-state index contributed by atoms with van der Waals surface area (Å²) in [6, 6.07) is 7.50. The fourth-order valence-electron chi connectivity index (χ4n) is 0.937. The van der Waals surface area contributed by atoms with E-state index in [0.717, 1.165) is 0 Å². The summed E-state index contributed by atoms with van der Waals surface area (Å²) in [4.78, 5) is 7.10. The van der Waals surface area contributed by atoms with Gasteiger partial charge in [-0.05, 0) is 45.0 Å². The Hall–Kier alpha value is -1.42. The van der Waals surface area contributed by atoms with Crippen LogP contribution in [0.4, 0.5) is 0 Å². The standard InChI is InChI=1S/C11H14N2O3S/c1-11(2,3)16-13-17(14,15)10-6-4-9(8-12)5-7-10/h4-7,13H,1-3H3. The number of sulfonamides is 1. The third-order valence-corrected chi connectivity index (χ3v) is 2.95. The molecule has 0 heterocycles. The predicted molar refractivity (Wildman–Crippen MR) is 62.3 cm³/mol. The summed E-state index contributed by atoms with van der Waals surface area (Å²) in [7, 11) is -3.70. The van der Waals surface area contributed by atoms with Crippen LogP contribution in [0.3, 0.4) is 0 Å². The van der Waals surface area contributed by atoms with Crippen LogP contribution in [0, 0.1) is 11.3 Å². The molecule has 1 aromatic rings. The van der Waals surface area contributed by atoms with Crippen LogP contribution in [0.25, 0.3) is 0 Å². The van der Waals surface area contributed by atoms with Crippen LogP contribution in [0.2, 0.25) is 0 Å². The highest BCUT2D eigenvalue weighted by molar-refractivity contribution is 7.89. The quantitative estimate of drug-likeness (QED) is 0.830. The van der Waals surface area contributed by atoms with Gasteiger partial charge in [-0.25, -0.2) is 8.42 Å². The summed E-state index contributed by atoms with van der Waals surface area (Å²) in [6.45, 7) is 5.19. The second-order valence-electron chi connectivity index (χ2n) is 4.44. The molecule has 0 radical (unpaired) electrons.